The lowest BCUT2D eigenvalue weighted by Gasteiger charge is -2.36. The fraction of sp³-hybridized carbons (Fsp3) is 0.368. The van der Waals surface area contributed by atoms with E-state index >= 15 is 0 Å². The van der Waals surface area contributed by atoms with Crippen LogP contribution in [0, 0.1) is 0 Å². The van der Waals surface area contributed by atoms with Crippen LogP contribution in [-0.2, 0) is 0 Å². The highest BCUT2D eigenvalue weighted by atomic mass is 35.5. The van der Waals surface area contributed by atoms with Crippen LogP contribution in [-0.4, -0.2) is 55.4 Å². The van der Waals surface area contributed by atoms with E-state index in [9.17, 15) is 5.11 Å². The standard InChI is InChI=1S/C19H22Cl2N2O2/c20-15-4-6-19(7-5-15)25-14-18(24)13-22-8-10-23(11-9-22)17-3-1-2-16(21)12-17/h1-7,12,18,24H,8-11,13-14H2/t18-/m1/s1. The van der Waals surface area contributed by atoms with Gasteiger partial charge in [-0.1, -0.05) is 29.3 Å². The lowest BCUT2D eigenvalue weighted by molar-refractivity contribution is 0.0663. The first-order valence-electron chi connectivity index (χ1n) is 8.39. The molecule has 1 saturated heterocycles. The monoisotopic (exact) mass is 380 g/mol. The maximum Gasteiger partial charge on any atom is 0.119 e. The third kappa shape index (κ3) is 5.51. The lowest BCUT2D eigenvalue weighted by Crippen LogP contribution is -2.49. The molecule has 0 aliphatic carbocycles. The van der Waals surface area contributed by atoms with E-state index in [1.54, 1.807) is 24.3 Å². The Balaban J connectivity index is 1.41. The molecule has 0 aromatic heterocycles. The van der Waals surface area contributed by atoms with Crippen LogP contribution in [0.2, 0.25) is 10.0 Å². The number of rotatable bonds is 6. The fourth-order valence-corrected chi connectivity index (χ4v) is 3.25. The van der Waals surface area contributed by atoms with Crippen molar-refractivity contribution in [3.8, 4) is 5.75 Å². The molecule has 1 fully saturated rings. The van der Waals surface area contributed by atoms with Crippen molar-refractivity contribution in [2.24, 2.45) is 0 Å². The molecular weight excluding hydrogens is 359 g/mol. The second kappa shape index (κ2) is 8.77. The van der Waals surface area contributed by atoms with Crippen molar-refractivity contribution in [1.82, 2.24) is 4.90 Å². The SMILES string of the molecule is O[C@@H](COc1ccc(Cl)cc1)CN1CCN(c2cccc(Cl)c2)CC1. The van der Waals surface area contributed by atoms with Crippen LogP contribution in [0.25, 0.3) is 0 Å². The van der Waals surface area contributed by atoms with Gasteiger partial charge < -0.3 is 14.7 Å². The number of β-amino-alcohol motifs (C(OH)–C–C–N with tert-alkyl or cyclic N) is 1. The van der Waals surface area contributed by atoms with Gasteiger partial charge in [0.15, 0.2) is 0 Å². The smallest absolute Gasteiger partial charge is 0.119 e. The third-order valence-electron chi connectivity index (χ3n) is 4.27. The van der Waals surface area contributed by atoms with Gasteiger partial charge in [-0.05, 0) is 42.5 Å². The van der Waals surface area contributed by atoms with Crippen LogP contribution >= 0.6 is 23.2 Å². The van der Waals surface area contributed by atoms with Crippen LogP contribution in [0.4, 0.5) is 5.69 Å². The zero-order chi connectivity index (χ0) is 17.6. The molecule has 1 heterocycles. The summed E-state index contributed by atoms with van der Waals surface area (Å²) in [6, 6.07) is 15.1. The summed E-state index contributed by atoms with van der Waals surface area (Å²) in [4.78, 5) is 4.58. The Kier molecular flexibility index (Phi) is 6.43. The number of hydrogen-bond donors (Lipinski definition) is 1. The average Bonchev–Trinajstić information content (AvgIpc) is 2.62. The summed E-state index contributed by atoms with van der Waals surface area (Å²) >= 11 is 11.9. The highest BCUT2D eigenvalue weighted by Gasteiger charge is 2.20. The van der Waals surface area contributed by atoms with Crippen LogP contribution in [0.5, 0.6) is 5.75 Å². The maximum absolute atomic E-state index is 10.2. The number of benzene rings is 2. The molecule has 1 aliphatic heterocycles. The quantitative estimate of drug-likeness (QED) is 0.830. The molecule has 1 aliphatic rings. The summed E-state index contributed by atoms with van der Waals surface area (Å²) in [7, 11) is 0. The number of aliphatic hydroxyl groups excluding tert-OH is 1. The number of anilines is 1. The number of halogens is 2. The van der Waals surface area contributed by atoms with Crippen molar-refractivity contribution in [3.05, 3.63) is 58.6 Å². The van der Waals surface area contributed by atoms with Gasteiger partial charge in [0.2, 0.25) is 0 Å². The highest BCUT2D eigenvalue weighted by Crippen LogP contribution is 2.21. The van der Waals surface area contributed by atoms with Crippen LogP contribution in [0.15, 0.2) is 48.5 Å². The Morgan fingerprint density at radius 3 is 2.36 bits per heavy atom. The molecule has 25 heavy (non-hydrogen) atoms. The molecule has 2 aromatic rings. The number of piperazine rings is 1. The van der Waals surface area contributed by atoms with E-state index in [1.807, 2.05) is 18.2 Å². The molecule has 2 aromatic carbocycles. The second-order valence-electron chi connectivity index (χ2n) is 6.19. The molecule has 1 N–H and O–H groups in total. The van der Waals surface area contributed by atoms with Crippen molar-refractivity contribution in [3.63, 3.8) is 0 Å². The number of hydrogen-bond acceptors (Lipinski definition) is 4. The first-order valence-corrected chi connectivity index (χ1v) is 9.15. The molecule has 1 atom stereocenters. The van der Waals surface area contributed by atoms with Gasteiger partial charge in [0.05, 0.1) is 0 Å². The van der Waals surface area contributed by atoms with Crippen LogP contribution in [0.3, 0.4) is 0 Å². The first kappa shape index (κ1) is 18.3. The van der Waals surface area contributed by atoms with E-state index < -0.39 is 6.10 Å². The highest BCUT2D eigenvalue weighted by molar-refractivity contribution is 6.31. The van der Waals surface area contributed by atoms with E-state index in [4.69, 9.17) is 27.9 Å². The summed E-state index contributed by atoms with van der Waals surface area (Å²) in [5.41, 5.74) is 1.15. The van der Waals surface area contributed by atoms with Gasteiger partial charge in [0.25, 0.3) is 0 Å². The Labute approximate surface area is 158 Å². The molecule has 0 unspecified atom stereocenters. The molecular formula is C19H22Cl2N2O2. The van der Waals surface area contributed by atoms with Crippen molar-refractivity contribution in [2.45, 2.75) is 6.10 Å². The van der Waals surface area contributed by atoms with Gasteiger partial charge in [0.1, 0.15) is 18.5 Å². The minimum absolute atomic E-state index is 0.274. The van der Waals surface area contributed by atoms with Gasteiger partial charge >= 0.3 is 0 Å². The van der Waals surface area contributed by atoms with Gasteiger partial charge in [-0.15, -0.1) is 0 Å². The first-order chi connectivity index (χ1) is 12.1. The summed E-state index contributed by atoms with van der Waals surface area (Å²) in [6.07, 6.45) is -0.520. The van der Waals surface area contributed by atoms with Crippen molar-refractivity contribution >= 4 is 28.9 Å². The summed E-state index contributed by atoms with van der Waals surface area (Å²) in [5, 5.41) is 11.6. The minimum Gasteiger partial charge on any atom is -0.491 e. The van der Waals surface area contributed by atoms with Gasteiger partial charge in [0, 0.05) is 48.5 Å². The van der Waals surface area contributed by atoms with Gasteiger partial charge in [-0.3, -0.25) is 4.90 Å². The fourth-order valence-electron chi connectivity index (χ4n) is 2.94. The summed E-state index contributed by atoms with van der Waals surface area (Å²) in [5.74, 6) is 0.717. The molecule has 0 spiro atoms. The van der Waals surface area contributed by atoms with E-state index in [0.717, 1.165) is 36.9 Å². The number of aliphatic hydroxyl groups is 1. The average molecular weight is 381 g/mol. The second-order valence-corrected chi connectivity index (χ2v) is 7.06. The van der Waals surface area contributed by atoms with Crippen LogP contribution in [0.1, 0.15) is 0 Å². The zero-order valence-corrected chi connectivity index (χ0v) is 15.5. The third-order valence-corrected chi connectivity index (χ3v) is 4.76. The summed E-state index contributed by atoms with van der Waals surface area (Å²) in [6.45, 7) is 4.54. The van der Waals surface area contributed by atoms with E-state index in [-0.39, 0.29) is 6.61 Å². The predicted molar refractivity (Wildman–Crippen MR) is 103 cm³/mol. The molecule has 0 amide bonds. The molecule has 134 valence electrons. The molecule has 0 saturated carbocycles. The lowest BCUT2D eigenvalue weighted by atomic mass is 10.2. The molecule has 0 radical (unpaired) electrons. The molecule has 0 bridgehead atoms. The van der Waals surface area contributed by atoms with Gasteiger partial charge in [-0.2, -0.15) is 0 Å². The largest absolute Gasteiger partial charge is 0.491 e. The van der Waals surface area contributed by atoms with Gasteiger partial charge in [-0.25, -0.2) is 0 Å². The maximum atomic E-state index is 10.2. The molecule has 4 nitrogen and oxygen atoms in total. The minimum atomic E-state index is -0.520. The normalized spacial score (nSPS) is 16.7. The zero-order valence-electron chi connectivity index (χ0n) is 13.9. The molecule has 6 heteroatoms. The van der Waals surface area contributed by atoms with Crippen molar-refractivity contribution in [2.75, 3.05) is 44.2 Å². The topological polar surface area (TPSA) is 35.9 Å². The Bertz CT molecular complexity index is 673. The molecule has 3 rings (SSSR count). The van der Waals surface area contributed by atoms with E-state index in [0.29, 0.717) is 17.3 Å². The predicted octanol–water partition coefficient (Wildman–Crippen LogP) is 3.56. The Morgan fingerprint density at radius 2 is 1.68 bits per heavy atom. The summed E-state index contributed by atoms with van der Waals surface area (Å²) < 4.78 is 5.61. The van der Waals surface area contributed by atoms with Crippen molar-refractivity contribution < 1.29 is 9.84 Å². The van der Waals surface area contributed by atoms with E-state index in [1.165, 1.54) is 0 Å². The van der Waals surface area contributed by atoms with Crippen LogP contribution < -0.4 is 9.64 Å². The number of nitrogens with zero attached hydrogens (tertiary/aromatic N) is 2. The van der Waals surface area contributed by atoms with Crippen molar-refractivity contribution in [1.29, 1.82) is 0 Å². The Hall–Kier alpha value is -1.46. The van der Waals surface area contributed by atoms with E-state index in [2.05, 4.69) is 15.9 Å². The number of ether oxygens (including phenoxy) is 1. The Morgan fingerprint density at radius 1 is 0.960 bits per heavy atom.